The smallest absolute Gasteiger partial charge is 0.218 e. The first-order chi connectivity index (χ1) is 9.67. The molecule has 0 bridgehead atoms. The van der Waals surface area contributed by atoms with Crippen molar-refractivity contribution in [1.29, 1.82) is 0 Å². The number of nitrogens with one attached hydrogen (secondary N) is 1. The van der Waals surface area contributed by atoms with Gasteiger partial charge in [-0.1, -0.05) is 19.9 Å². The zero-order valence-electron chi connectivity index (χ0n) is 12.1. The zero-order chi connectivity index (χ0) is 14.4. The lowest BCUT2D eigenvalue weighted by molar-refractivity contribution is 0.394. The summed E-state index contributed by atoms with van der Waals surface area (Å²) in [6.45, 7) is 4.91. The van der Waals surface area contributed by atoms with Gasteiger partial charge in [0.05, 0.1) is 19.3 Å². The Labute approximate surface area is 119 Å². The largest absolute Gasteiger partial charge is 0.481 e. The molecule has 0 aliphatic carbocycles. The summed E-state index contributed by atoms with van der Waals surface area (Å²) in [6.07, 6.45) is 2.61. The Bertz CT molecular complexity index is 543. The second-order valence-electron chi connectivity index (χ2n) is 4.98. The second kappa shape index (κ2) is 6.84. The molecule has 20 heavy (non-hydrogen) atoms. The number of rotatable bonds is 6. The molecule has 0 unspecified atom stereocenters. The molecular formula is C15H20N4O. The van der Waals surface area contributed by atoms with Crippen LogP contribution in [0, 0.1) is 5.92 Å². The van der Waals surface area contributed by atoms with E-state index < -0.39 is 0 Å². The maximum absolute atomic E-state index is 5.22. The predicted octanol–water partition coefficient (Wildman–Crippen LogP) is 2.69. The molecule has 0 aliphatic heterocycles. The van der Waals surface area contributed by atoms with Crippen LogP contribution in [0.1, 0.15) is 25.4 Å². The lowest BCUT2D eigenvalue weighted by Gasteiger charge is -2.10. The number of nitrogens with zero attached hydrogens (tertiary/aromatic N) is 3. The van der Waals surface area contributed by atoms with Gasteiger partial charge in [-0.15, -0.1) is 0 Å². The van der Waals surface area contributed by atoms with E-state index in [4.69, 9.17) is 4.74 Å². The summed E-state index contributed by atoms with van der Waals surface area (Å²) in [5, 5.41) is 3.26. The maximum Gasteiger partial charge on any atom is 0.218 e. The van der Waals surface area contributed by atoms with Gasteiger partial charge in [-0.3, -0.25) is 4.98 Å². The summed E-state index contributed by atoms with van der Waals surface area (Å²) in [5.74, 6) is 2.64. The Kier molecular flexibility index (Phi) is 4.87. The monoisotopic (exact) mass is 272 g/mol. The number of anilines is 1. The summed E-state index contributed by atoms with van der Waals surface area (Å²) < 4.78 is 5.22. The van der Waals surface area contributed by atoms with Gasteiger partial charge < -0.3 is 10.1 Å². The molecule has 0 aliphatic rings. The van der Waals surface area contributed by atoms with Crippen LogP contribution in [0.3, 0.4) is 0 Å². The van der Waals surface area contributed by atoms with E-state index >= 15 is 0 Å². The molecule has 2 aromatic rings. The third-order valence-electron chi connectivity index (χ3n) is 2.73. The van der Waals surface area contributed by atoms with Crippen molar-refractivity contribution in [2.24, 2.45) is 5.92 Å². The highest BCUT2D eigenvalue weighted by Crippen LogP contribution is 2.15. The van der Waals surface area contributed by atoms with Crippen molar-refractivity contribution >= 4 is 5.82 Å². The summed E-state index contributed by atoms with van der Waals surface area (Å²) in [7, 11) is 1.62. The molecule has 0 saturated carbocycles. The van der Waals surface area contributed by atoms with E-state index in [9.17, 15) is 0 Å². The van der Waals surface area contributed by atoms with E-state index in [0.29, 0.717) is 18.3 Å². The number of ether oxygens (including phenoxy) is 1. The van der Waals surface area contributed by atoms with E-state index in [0.717, 1.165) is 23.8 Å². The van der Waals surface area contributed by atoms with Crippen molar-refractivity contribution in [1.82, 2.24) is 15.0 Å². The molecule has 0 atom stereocenters. The summed E-state index contributed by atoms with van der Waals surface area (Å²) >= 11 is 0. The van der Waals surface area contributed by atoms with Gasteiger partial charge in [-0.05, 0) is 18.1 Å². The molecule has 0 spiro atoms. The van der Waals surface area contributed by atoms with Crippen molar-refractivity contribution in [3.05, 3.63) is 42.0 Å². The number of aromatic nitrogens is 3. The predicted molar refractivity (Wildman–Crippen MR) is 78.7 cm³/mol. The van der Waals surface area contributed by atoms with Crippen LogP contribution in [0.4, 0.5) is 5.82 Å². The number of hydrogen-bond acceptors (Lipinski definition) is 5. The van der Waals surface area contributed by atoms with E-state index in [1.54, 1.807) is 19.4 Å². The normalized spacial score (nSPS) is 10.6. The van der Waals surface area contributed by atoms with Crippen molar-refractivity contribution in [2.75, 3.05) is 12.4 Å². The Hall–Kier alpha value is -2.17. The van der Waals surface area contributed by atoms with Gasteiger partial charge >= 0.3 is 0 Å². The van der Waals surface area contributed by atoms with E-state index in [-0.39, 0.29) is 0 Å². The highest BCUT2D eigenvalue weighted by atomic mass is 16.5. The average molecular weight is 272 g/mol. The molecule has 2 heterocycles. The highest BCUT2D eigenvalue weighted by molar-refractivity contribution is 5.38. The van der Waals surface area contributed by atoms with Crippen LogP contribution < -0.4 is 10.1 Å². The van der Waals surface area contributed by atoms with Crippen LogP contribution in [0.2, 0.25) is 0 Å². The lowest BCUT2D eigenvalue weighted by Crippen LogP contribution is -2.08. The first-order valence-electron chi connectivity index (χ1n) is 6.73. The molecule has 0 saturated heterocycles. The van der Waals surface area contributed by atoms with Crippen LogP contribution in [0.25, 0.3) is 0 Å². The van der Waals surface area contributed by atoms with Gasteiger partial charge in [0.2, 0.25) is 5.88 Å². The summed E-state index contributed by atoms with van der Waals surface area (Å²) in [5.41, 5.74) is 0.968. The quantitative estimate of drug-likeness (QED) is 0.876. The summed E-state index contributed by atoms with van der Waals surface area (Å²) in [6, 6.07) is 7.64. The van der Waals surface area contributed by atoms with Crippen molar-refractivity contribution in [3.8, 4) is 5.88 Å². The van der Waals surface area contributed by atoms with Crippen molar-refractivity contribution < 1.29 is 4.74 Å². The molecule has 0 amide bonds. The minimum Gasteiger partial charge on any atom is -0.481 e. The molecule has 0 fully saturated rings. The average Bonchev–Trinajstić information content (AvgIpc) is 2.45. The maximum atomic E-state index is 5.22. The molecule has 5 nitrogen and oxygen atoms in total. The van der Waals surface area contributed by atoms with Crippen molar-refractivity contribution in [2.45, 2.75) is 26.8 Å². The van der Waals surface area contributed by atoms with Crippen LogP contribution in [-0.4, -0.2) is 22.1 Å². The Balaban J connectivity index is 2.10. The third kappa shape index (κ3) is 4.19. The van der Waals surface area contributed by atoms with Gasteiger partial charge in [0.25, 0.3) is 0 Å². The van der Waals surface area contributed by atoms with E-state index in [1.165, 1.54) is 0 Å². The molecule has 2 rings (SSSR count). The van der Waals surface area contributed by atoms with Gasteiger partial charge in [0.1, 0.15) is 11.6 Å². The Morgan fingerprint density at radius 1 is 1.25 bits per heavy atom. The molecule has 1 N–H and O–H groups in total. The second-order valence-corrected chi connectivity index (χ2v) is 4.98. The van der Waals surface area contributed by atoms with E-state index in [2.05, 4.69) is 34.1 Å². The van der Waals surface area contributed by atoms with Crippen LogP contribution >= 0.6 is 0 Å². The van der Waals surface area contributed by atoms with E-state index in [1.807, 2.05) is 18.2 Å². The number of methoxy groups -OCH3 is 1. The molecule has 106 valence electrons. The standard InChI is InChI=1S/C15H20N4O/c1-11(2)8-14-18-13(9-15(19-14)20-3)17-10-12-6-4-5-7-16-12/h4-7,9,11H,8,10H2,1-3H3,(H,17,18,19). The molecule has 5 heteroatoms. The first-order valence-corrected chi connectivity index (χ1v) is 6.73. The molecule has 0 radical (unpaired) electrons. The fraction of sp³-hybridized carbons (Fsp3) is 0.400. The minimum absolute atomic E-state index is 0.505. The molecule has 2 aromatic heterocycles. The van der Waals surface area contributed by atoms with Crippen LogP contribution in [0.5, 0.6) is 5.88 Å². The van der Waals surface area contributed by atoms with Gasteiger partial charge in [0, 0.05) is 18.7 Å². The van der Waals surface area contributed by atoms with Crippen molar-refractivity contribution in [3.63, 3.8) is 0 Å². The molecule has 0 aromatic carbocycles. The van der Waals surface area contributed by atoms with Gasteiger partial charge in [-0.25, -0.2) is 4.98 Å². The van der Waals surface area contributed by atoms with Crippen LogP contribution in [0.15, 0.2) is 30.5 Å². The Morgan fingerprint density at radius 2 is 2.10 bits per heavy atom. The number of pyridine rings is 1. The summed E-state index contributed by atoms with van der Waals surface area (Å²) in [4.78, 5) is 13.1. The lowest BCUT2D eigenvalue weighted by atomic mass is 10.1. The van der Waals surface area contributed by atoms with Gasteiger partial charge in [-0.2, -0.15) is 4.98 Å². The van der Waals surface area contributed by atoms with Gasteiger partial charge in [0.15, 0.2) is 0 Å². The topological polar surface area (TPSA) is 59.9 Å². The first kappa shape index (κ1) is 14.2. The third-order valence-corrected chi connectivity index (χ3v) is 2.73. The van der Waals surface area contributed by atoms with Crippen LogP contribution in [-0.2, 0) is 13.0 Å². The highest BCUT2D eigenvalue weighted by Gasteiger charge is 2.07. The Morgan fingerprint density at radius 3 is 2.75 bits per heavy atom. The SMILES string of the molecule is COc1cc(NCc2ccccn2)nc(CC(C)C)n1. The fourth-order valence-corrected chi connectivity index (χ4v) is 1.81. The molecular weight excluding hydrogens is 252 g/mol. The fourth-order valence-electron chi connectivity index (χ4n) is 1.81. The zero-order valence-corrected chi connectivity index (χ0v) is 12.1. The minimum atomic E-state index is 0.505. The number of hydrogen-bond donors (Lipinski definition) is 1.